The first-order chi connectivity index (χ1) is 12.3. The molecule has 2 aliphatic rings. The number of rotatable bonds is 7. The highest BCUT2D eigenvalue weighted by atomic mass is 16.5. The van der Waals surface area contributed by atoms with Crippen LogP contribution in [0.4, 0.5) is 0 Å². The van der Waals surface area contributed by atoms with E-state index in [2.05, 4.69) is 39.5 Å². The van der Waals surface area contributed by atoms with Gasteiger partial charge in [0.25, 0.3) is 0 Å². The second-order valence-electron chi connectivity index (χ2n) is 6.63. The highest BCUT2D eigenvalue weighted by Crippen LogP contribution is 2.16. The van der Waals surface area contributed by atoms with E-state index in [-0.39, 0.29) is 5.78 Å². The van der Waals surface area contributed by atoms with Crippen LogP contribution in [-0.4, -0.2) is 42.8 Å². The van der Waals surface area contributed by atoms with Gasteiger partial charge in [-0.1, -0.05) is 18.6 Å². The first-order valence-corrected chi connectivity index (χ1v) is 9.23. The number of allylic oxidation sites excluding steroid dienone is 1. The van der Waals surface area contributed by atoms with Crippen molar-refractivity contribution < 1.29 is 9.53 Å². The first-order valence-electron chi connectivity index (χ1n) is 9.23. The third-order valence-electron chi connectivity index (χ3n) is 4.51. The number of nitrogens with one attached hydrogen (secondary N) is 1. The van der Waals surface area contributed by atoms with Crippen molar-refractivity contribution >= 4 is 11.6 Å². The lowest BCUT2D eigenvalue weighted by Crippen LogP contribution is -2.28. The van der Waals surface area contributed by atoms with Crippen LogP contribution in [0.5, 0.6) is 5.75 Å². The molecule has 1 saturated heterocycles. The summed E-state index contributed by atoms with van der Waals surface area (Å²) in [6.45, 7) is 4.77. The van der Waals surface area contributed by atoms with E-state index in [1.54, 1.807) is 6.20 Å². The molecule has 0 aliphatic carbocycles. The molecule has 1 aromatic rings. The van der Waals surface area contributed by atoms with Crippen molar-refractivity contribution in [2.24, 2.45) is 4.99 Å². The summed E-state index contributed by atoms with van der Waals surface area (Å²) in [5.41, 5.74) is 1.35. The molecule has 1 aromatic carbocycles. The van der Waals surface area contributed by atoms with E-state index >= 15 is 0 Å². The Morgan fingerprint density at radius 1 is 1.12 bits per heavy atom. The summed E-state index contributed by atoms with van der Waals surface area (Å²) in [5.74, 6) is 1.75. The van der Waals surface area contributed by atoms with Crippen LogP contribution >= 0.6 is 0 Å². The van der Waals surface area contributed by atoms with Gasteiger partial charge in [0, 0.05) is 25.7 Å². The third-order valence-corrected chi connectivity index (χ3v) is 4.51. The molecule has 3 rings (SSSR count). The Labute approximate surface area is 149 Å². The average Bonchev–Trinajstić information content (AvgIpc) is 2.64. The fraction of sp³-hybridized carbons (Fsp3) is 0.500. The zero-order chi connectivity index (χ0) is 17.3. The topological polar surface area (TPSA) is 53.9 Å². The third kappa shape index (κ3) is 6.02. The zero-order valence-corrected chi connectivity index (χ0v) is 14.7. The van der Waals surface area contributed by atoms with Gasteiger partial charge in [0.2, 0.25) is 0 Å². The molecule has 0 saturated carbocycles. The van der Waals surface area contributed by atoms with Gasteiger partial charge in [-0.25, -0.2) is 0 Å². The average molecular weight is 341 g/mol. The van der Waals surface area contributed by atoms with Crippen molar-refractivity contribution in [1.82, 2.24) is 10.2 Å². The highest BCUT2D eigenvalue weighted by Gasteiger charge is 2.10. The summed E-state index contributed by atoms with van der Waals surface area (Å²) in [7, 11) is 0. The molecule has 5 heteroatoms. The first kappa shape index (κ1) is 17.7. The molecule has 2 heterocycles. The molecular weight excluding hydrogens is 314 g/mol. The Bertz CT molecular complexity index is 616. The molecule has 0 aromatic heterocycles. The molecule has 1 fully saturated rings. The van der Waals surface area contributed by atoms with Crippen LogP contribution in [-0.2, 0) is 11.3 Å². The number of benzene rings is 1. The van der Waals surface area contributed by atoms with Crippen molar-refractivity contribution in [2.45, 2.75) is 38.6 Å². The summed E-state index contributed by atoms with van der Waals surface area (Å²) in [4.78, 5) is 18.2. The molecular formula is C20H27N3O2. The molecule has 0 atom stereocenters. The summed E-state index contributed by atoms with van der Waals surface area (Å²) < 4.78 is 5.78. The van der Waals surface area contributed by atoms with Crippen molar-refractivity contribution in [2.75, 3.05) is 26.2 Å². The normalized spacial score (nSPS) is 19.8. The second-order valence-corrected chi connectivity index (χ2v) is 6.63. The Hall–Kier alpha value is -2.14. The van der Waals surface area contributed by atoms with Crippen LogP contribution in [0.25, 0.3) is 0 Å². The SMILES string of the molecule is O=C1C=CNC(=NCCCOc2ccc(CN3CCCCC3)cc2)C1. The predicted molar refractivity (Wildman–Crippen MR) is 99.9 cm³/mol. The maximum Gasteiger partial charge on any atom is 0.164 e. The monoisotopic (exact) mass is 341 g/mol. The number of hydrogen-bond donors (Lipinski definition) is 1. The standard InChI is InChI=1S/C20H27N3O2/c24-18-9-11-22-20(15-18)21-10-4-14-25-19-7-5-17(6-8-19)16-23-12-2-1-3-13-23/h5-9,11H,1-4,10,12-16H2,(H,21,22). The largest absolute Gasteiger partial charge is 0.494 e. The van der Waals surface area contributed by atoms with E-state index in [0.717, 1.165) is 24.6 Å². The Morgan fingerprint density at radius 3 is 2.68 bits per heavy atom. The quantitative estimate of drug-likeness (QED) is 0.775. The molecule has 134 valence electrons. The lowest BCUT2D eigenvalue weighted by Gasteiger charge is -2.26. The fourth-order valence-corrected chi connectivity index (χ4v) is 3.14. The van der Waals surface area contributed by atoms with Gasteiger partial charge in [-0.05, 0) is 49.7 Å². The van der Waals surface area contributed by atoms with Crippen molar-refractivity contribution in [3.8, 4) is 5.75 Å². The highest BCUT2D eigenvalue weighted by molar-refractivity contribution is 6.08. The van der Waals surface area contributed by atoms with Gasteiger partial charge in [0.1, 0.15) is 11.6 Å². The minimum Gasteiger partial charge on any atom is -0.494 e. The molecule has 0 unspecified atom stereocenters. The molecule has 2 aliphatic heterocycles. The number of hydrogen-bond acceptors (Lipinski definition) is 4. The Kier molecular flexibility index (Phi) is 6.63. The van der Waals surface area contributed by atoms with Gasteiger partial charge in [-0.15, -0.1) is 0 Å². The van der Waals surface area contributed by atoms with Crippen LogP contribution in [0.1, 0.15) is 37.7 Å². The molecule has 0 amide bonds. The number of ether oxygens (including phenoxy) is 1. The number of carbonyl (C=O) groups is 1. The van der Waals surface area contributed by atoms with Crippen LogP contribution in [0.3, 0.4) is 0 Å². The zero-order valence-electron chi connectivity index (χ0n) is 14.7. The molecule has 0 radical (unpaired) electrons. The van der Waals surface area contributed by atoms with E-state index in [0.29, 0.717) is 19.6 Å². The van der Waals surface area contributed by atoms with Crippen molar-refractivity contribution in [3.63, 3.8) is 0 Å². The van der Waals surface area contributed by atoms with Gasteiger partial charge in [-0.3, -0.25) is 14.7 Å². The lowest BCUT2D eigenvalue weighted by molar-refractivity contribution is -0.113. The van der Waals surface area contributed by atoms with E-state index < -0.39 is 0 Å². The molecule has 0 spiro atoms. The second kappa shape index (κ2) is 9.37. The summed E-state index contributed by atoms with van der Waals surface area (Å²) >= 11 is 0. The number of piperidine rings is 1. The van der Waals surface area contributed by atoms with Crippen LogP contribution < -0.4 is 10.1 Å². The Morgan fingerprint density at radius 2 is 1.92 bits per heavy atom. The predicted octanol–water partition coefficient (Wildman–Crippen LogP) is 2.92. The van der Waals surface area contributed by atoms with Crippen LogP contribution in [0, 0.1) is 0 Å². The maximum atomic E-state index is 11.3. The lowest BCUT2D eigenvalue weighted by atomic mass is 10.1. The summed E-state index contributed by atoms with van der Waals surface area (Å²) in [5, 5.41) is 3.00. The number of aliphatic imine (C=N–C) groups is 1. The molecule has 1 N–H and O–H groups in total. The van der Waals surface area contributed by atoms with E-state index in [9.17, 15) is 4.79 Å². The van der Waals surface area contributed by atoms with Crippen LogP contribution in [0.15, 0.2) is 41.5 Å². The number of amidine groups is 1. The molecule has 5 nitrogen and oxygen atoms in total. The van der Waals surface area contributed by atoms with Crippen molar-refractivity contribution in [3.05, 3.63) is 42.1 Å². The number of nitrogens with zero attached hydrogens (tertiary/aromatic N) is 2. The minimum atomic E-state index is 0.0957. The van der Waals surface area contributed by atoms with Crippen LogP contribution in [0.2, 0.25) is 0 Å². The number of ketones is 1. The molecule has 25 heavy (non-hydrogen) atoms. The fourth-order valence-electron chi connectivity index (χ4n) is 3.14. The van der Waals surface area contributed by atoms with Gasteiger partial charge < -0.3 is 10.1 Å². The Balaban J connectivity index is 1.35. The molecule has 0 bridgehead atoms. The summed E-state index contributed by atoms with van der Waals surface area (Å²) in [6.07, 6.45) is 8.41. The number of likely N-dealkylation sites (tertiary alicyclic amines) is 1. The van der Waals surface area contributed by atoms with Gasteiger partial charge in [-0.2, -0.15) is 0 Å². The minimum absolute atomic E-state index is 0.0957. The maximum absolute atomic E-state index is 11.3. The van der Waals surface area contributed by atoms with E-state index in [1.165, 1.54) is 44.0 Å². The summed E-state index contributed by atoms with van der Waals surface area (Å²) in [6, 6.07) is 8.43. The smallest absolute Gasteiger partial charge is 0.164 e. The number of carbonyl (C=O) groups excluding carboxylic acids is 1. The van der Waals surface area contributed by atoms with E-state index in [1.807, 2.05) is 0 Å². The van der Waals surface area contributed by atoms with E-state index in [4.69, 9.17) is 4.74 Å². The van der Waals surface area contributed by atoms with Gasteiger partial charge in [0.05, 0.1) is 13.0 Å². The van der Waals surface area contributed by atoms with Gasteiger partial charge in [0.15, 0.2) is 5.78 Å². The van der Waals surface area contributed by atoms with Gasteiger partial charge >= 0.3 is 0 Å². The van der Waals surface area contributed by atoms with Crippen molar-refractivity contribution in [1.29, 1.82) is 0 Å².